The molecule has 0 radical (unpaired) electrons. The Kier molecular flexibility index (Phi) is 6.45. The maximum atomic E-state index is 14.5. The molecule has 0 unspecified atom stereocenters. The summed E-state index contributed by atoms with van der Waals surface area (Å²) in [5, 5.41) is 4.59. The molecule has 0 saturated carbocycles. The van der Waals surface area contributed by atoms with Gasteiger partial charge in [0.2, 0.25) is 5.91 Å². The summed E-state index contributed by atoms with van der Waals surface area (Å²) in [7, 11) is 0. The largest absolute Gasteiger partial charge is 0.366 e. The Morgan fingerprint density at radius 1 is 0.971 bits per heavy atom. The number of halogens is 1. The van der Waals surface area contributed by atoms with Gasteiger partial charge >= 0.3 is 0 Å². The lowest BCUT2D eigenvalue weighted by atomic mass is 10.1. The zero-order valence-electron chi connectivity index (χ0n) is 20.2. The molecule has 178 valence electrons. The van der Waals surface area contributed by atoms with Crippen LogP contribution in [0, 0.1) is 33.5 Å². The monoisotopic (exact) mass is 464 g/mol. The Bertz CT molecular complexity index is 1240. The van der Waals surface area contributed by atoms with Gasteiger partial charge in [0.1, 0.15) is 5.82 Å². The van der Waals surface area contributed by atoms with Crippen molar-refractivity contribution in [3.63, 3.8) is 0 Å². The summed E-state index contributed by atoms with van der Waals surface area (Å²) >= 11 is 0. The van der Waals surface area contributed by atoms with Gasteiger partial charge in [0.05, 0.1) is 17.8 Å². The Hall–Kier alpha value is -3.62. The maximum absolute atomic E-state index is 14.5. The topological polar surface area (TPSA) is 84.2 Å². The molecule has 0 aliphatic carbocycles. The zero-order chi connectivity index (χ0) is 24.6. The van der Waals surface area contributed by atoms with Crippen molar-refractivity contribution in [1.82, 2.24) is 24.6 Å². The highest BCUT2D eigenvalue weighted by atomic mass is 19.1. The quantitative estimate of drug-likeness (QED) is 0.540. The zero-order valence-corrected chi connectivity index (χ0v) is 20.2. The van der Waals surface area contributed by atoms with Crippen LogP contribution in [-0.4, -0.2) is 62.5 Å². The molecule has 3 aromatic rings. The molecule has 34 heavy (non-hydrogen) atoms. The molecular formula is C25H29FN6O2. The van der Waals surface area contributed by atoms with E-state index in [4.69, 9.17) is 0 Å². The molecule has 8 nitrogen and oxygen atoms in total. The molecule has 0 atom stereocenters. The summed E-state index contributed by atoms with van der Waals surface area (Å²) < 4.78 is 16.2. The van der Waals surface area contributed by atoms with Crippen molar-refractivity contribution in [2.75, 3.05) is 31.1 Å². The molecule has 3 heterocycles. The second kappa shape index (κ2) is 9.32. The van der Waals surface area contributed by atoms with E-state index in [2.05, 4.69) is 15.1 Å². The minimum Gasteiger partial charge on any atom is -0.366 e. The molecule has 9 heteroatoms. The van der Waals surface area contributed by atoms with Crippen LogP contribution >= 0.6 is 0 Å². The number of carbonyl (C=O) groups is 2. The van der Waals surface area contributed by atoms with Crippen LogP contribution in [0.2, 0.25) is 0 Å². The average molecular weight is 465 g/mol. The van der Waals surface area contributed by atoms with Gasteiger partial charge in [-0.05, 0) is 58.9 Å². The molecular weight excluding hydrogens is 435 g/mol. The summed E-state index contributed by atoms with van der Waals surface area (Å²) in [5.41, 5.74) is 5.03. The van der Waals surface area contributed by atoms with Crippen molar-refractivity contribution < 1.29 is 14.0 Å². The molecule has 1 aromatic carbocycles. The minimum atomic E-state index is -0.417. The molecule has 2 aromatic heterocycles. The van der Waals surface area contributed by atoms with Crippen LogP contribution in [0.5, 0.6) is 0 Å². The van der Waals surface area contributed by atoms with E-state index in [0.29, 0.717) is 43.4 Å². The molecule has 4 rings (SSSR count). The van der Waals surface area contributed by atoms with Gasteiger partial charge in [-0.25, -0.2) is 19.0 Å². The predicted octanol–water partition coefficient (Wildman–Crippen LogP) is 3.13. The summed E-state index contributed by atoms with van der Waals surface area (Å²) in [6.07, 6.45) is 0.240. The van der Waals surface area contributed by atoms with Crippen molar-refractivity contribution in [3.8, 4) is 5.95 Å². The number of carbonyl (C=O) groups excluding carboxylic acids is 2. The van der Waals surface area contributed by atoms with Crippen LogP contribution in [-0.2, 0) is 11.2 Å². The Morgan fingerprint density at radius 2 is 1.62 bits per heavy atom. The SMILES string of the molecule is CC(=O)c1ccc(N2CCN(C(=O)Cc3c(C)nn(-c4nc(C)cc(C)n4)c3C)CC2)c(F)c1. The van der Waals surface area contributed by atoms with Gasteiger partial charge in [-0.2, -0.15) is 5.10 Å². The average Bonchev–Trinajstić information content (AvgIpc) is 3.06. The van der Waals surface area contributed by atoms with Gasteiger partial charge in [-0.1, -0.05) is 0 Å². The van der Waals surface area contributed by atoms with Gasteiger partial charge in [0, 0.05) is 54.4 Å². The van der Waals surface area contributed by atoms with E-state index in [1.165, 1.54) is 13.0 Å². The number of nitrogens with zero attached hydrogens (tertiary/aromatic N) is 6. The number of Topliss-reactive ketones (excluding diaryl/α,β-unsaturated/α-hetero) is 1. The lowest BCUT2D eigenvalue weighted by Crippen LogP contribution is -2.49. The van der Waals surface area contributed by atoms with Crippen molar-refractivity contribution >= 4 is 17.4 Å². The number of benzene rings is 1. The van der Waals surface area contributed by atoms with Gasteiger partial charge in [0.25, 0.3) is 5.95 Å². The first-order valence-electron chi connectivity index (χ1n) is 11.3. The first kappa shape index (κ1) is 23.5. The van der Waals surface area contributed by atoms with Crippen LogP contribution in [0.4, 0.5) is 10.1 Å². The summed E-state index contributed by atoms with van der Waals surface area (Å²) in [4.78, 5) is 37.3. The van der Waals surface area contributed by atoms with Crippen LogP contribution in [0.1, 0.15) is 45.6 Å². The molecule has 1 amide bonds. The lowest BCUT2D eigenvalue weighted by molar-refractivity contribution is -0.130. The van der Waals surface area contributed by atoms with E-state index >= 15 is 0 Å². The summed E-state index contributed by atoms with van der Waals surface area (Å²) in [5.74, 6) is -0.0685. The highest BCUT2D eigenvalue weighted by Crippen LogP contribution is 2.23. The number of hydrogen-bond donors (Lipinski definition) is 0. The van der Waals surface area contributed by atoms with Crippen LogP contribution in [0.3, 0.4) is 0 Å². The van der Waals surface area contributed by atoms with E-state index in [1.807, 2.05) is 43.6 Å². The van der Waals surface area contributed by atoms with E-state index in [0.717, 1.165) is 28.3 Å². The number of amides is 1. The summed E-state index contributed by atoms with van der Waals surface area (Å²) in [6, 6.07) is 6.46. The second-order valence-electron chi connectivity index (χ2n) is 8.78. The predicted molar refractivity (Wildman–Crippen MR) is 127 cm³/mol. The van der Waals surface area contributed by atoms with Gasteiger partial charge in [-0.3, -0.25) is 9.59 Å². The molecule has 0 spiro atoms. The Labute approximate surface area is 198 Å². The number of rotatable bonds is 5. The normalized spacial score (nSPS) is 13.9. The first-order chi connectivity index (χ1) is 16.1. The smallest absolute Gasteiger partial charge is 0.251 e. The van der Waals surface area contributed by atoms with E-state index < -0.39 is 5.82 Å². The number of aromatic nitrogens is 4. The molecule has 1 aliphatic rings. The van der Waals surface area contributed by atoms with Crippen LogP contribution in [0.25, 0.3) is 5.95 Å². The fraction of sp³-hybridized carbons (Fsp3) is 0.400. The van der Waals surface area contributed by atoms with Crippen molar-refractivity contribution in [1.29, 1.82) is 0 Å². The fourth-order valence-electron chi connectivity index (χ4n) is 4.37. The van der Waals surface area contributed by atoms with Crippen LogP contribution in [0.15, 0.2) is 24.3 Å². The minimum absolute atomic E-state index is 0.0131. The number of piperazine rings is 1. The van der Waals surface area contributed by atoms with Crippen molar-refractivity contribution in [3.05, 3.63) is 64.0 Å². The Morgan fingerprint density at radius 3 is 2.21 bits per heavy atom. The molecule has 0 bridgehead atoms. The van der Waals surface area contributed by atoms with Gasteiger partial charge in [-0.15, -0.1) is 0 Å². The van der Waals surface area contributed by atoms with Gasteiger partial charge in [0.15, 0.2) is 5.78 Å². The molecule has 1 saturated heterocycles. The van der Waals surface area contributed by atoms with Crippen molar-refractivity contribution in [2.24, 2.45) is 0 Å². The second-order valence-corrected chi connectivity index (χ2v) is 8.78. The maximum Gasteiger partial charge on any atom is 0.251 e. The van der Waals surface area contributed by atoms with E-state index in [-0.39, 0.29) is 18.1 Å². The van der Waals surface area contributed by atoms with Crippen molar-refractivity contribution in [2.45, 2.75) is 41.0 Å². The first-order valence-corrected chi connectivity index (χ1v) is 11.3. The number of aryl methyl sites for hydroxylation is 3. The number of hydrogen-bond acceptors (Lipinski definition) is 6. The third kappa shape index (κ3) is 4.69. The molecule has 0 N–H and O–H groups in total. The lowest BCUT2D eigenvalue weighted by Gasteiger charge is -2.36. The third-order valence-electron chi connectivity index (χ3n) is 6.26. The van der Waals surface area contributed by atoms with E-state index in [9.17, 15) is 14.0 Å². The van der Waals surface area contributed by atoms with Gasteiger partial charge < -0.3 is 9.80 Å². The highest BCUT2D eigenvalue weighted by molar-refractivity contribution is 5.94. The highest BCUT2D eigenvalue weighted by Gasteiger charge is 2.25. The van der Waals surface area contributed by atoms with Crippen LogP contribution < -0.4 is 4.90 Å². The standard InChI is InChI=1S/C25H29FN6O2/c1-15-12-16(2)28-25(27-15)32-18(4)21(17(3)29-32)14-24(34)31-10-8-30(9-11-31)23-7-6-20(19(5)33)13-22(23)26/h6-7,12-13H,8-11,14H2,1-5H3. The third-order valence-corrected chi connectivity index (χ3v) is 6.26. The fourth-order valence-corrected chi connectivity index (χ4v) is 4.37. The number of ketones is 1. The Balaban J connectivity index is 1.44. The van der Waals surface area contributed by atoms with E-state index in [1.54, 1.807) is 16.8 Å². The summed E-state index contributed by atoms with van der Waals surface area (Å²) in [6.45, 7) is 11.1. The molecule has 1 aliphatic heterocycles. The molecule has 1 fully saturated rings. The number of anilines is 1.